The normalized spacial score (nSPS) is 20.7. The molecule has 1 rings (SSSR count). The Morgan fingerprint density at radius 3 is 2.35 bits per heavy atom. The highest BCUT2D eigenvalue weighted by Crippen LogP contribution is 2.23. The lowest BCUT2D eigenvalue weighted by molar-refractivity contribution is -0.808. The minimum absolute atomic E-state index is 0.106. The lowest BCUT2D eigenvalue weighted by Gasteiger charge is -2.36. The van der Waals surface area contributed by atoms with Gasteiger partial charge in [0, 0.05) is 13.3 Å². The Bertz CT molecular complexity index is 497. The predicted molar refractivity (Wildman–Crippen MR) is 106 cm³/mol. The number of amidine groups is 1. The van der Waals surface area contributed by atoms with Crippen LogP contribution >= 0.6 is 0 Å². The Morgan fingerprint density at radius 2 is 1.77 bits per heavy atom. The van der Waals surface area contributed by atoms with Gasteiger partial charge < -0.3 is 9.90 Å². The molecule has 2 unspecified atom stereocenters. The Morgan fingerprint density at radius 1 is 1.15 bits per heavy atom. The molecule has 0 aromatic heterocycles. The summed E-state index contributed by atoms with van der Waals surface area (Å²) in [5.41, 5.74) is 6.05. The van der Waals surface area contributed by atoms with Gasteiger partial charge in [0.15, 0.2) is 0 Å². The van der Waals surface area contributed by atoms with E-state index in [4.69, 9.17) is 5.73 Å². The highest BCUT2D eigenvalue weighted by Gasteiger charge is 2.38. The summed E-state index contributed by atoms with van der Waals surface area (Å²) >= 11 is 0. The highest BCUT2D eigenvalue weighted by atomic mass is 16.4. The second-order valence-corrected chi connectivity index (χ2v) is 7.29. The summed E-state index contributed by atoms with van der Waals surface area (Å²) in [6.07, 6.45) is 20.8. The Labute approximate surface area is 159 Å². The molecule has 0 fully saturated rings. The van der Waals surface area contributed by atoms with E-state index in [1.54, 1.807) is 12.4 Å². The van der Waals surface area contributed by atoms with Crippen LogP contribution in [0.25, 0.3) is 0 Å². The molecule has 0 saturated heterocycles. The van der Waals surface area contributed by atoms with Gasteiger partial charge in [0.1, 0.15) is 18.9 Å². The van der Waals surface area contributed by atoms with E-state index in [0.717, 1.165) is 31.5 Å². The van der Waals surface area contributed by atoms with Gasteiger partial charge in [0.2, 0.25) is 5.84 Å². The molecule has 0 spiro atoms. The van der Waals surface area contributed by atoms with Crippen LogP contribution in [-0.2, 0) is 4.79 Å². The monoisotopic (exact) mass is 363 g/mol. The van der Waals surface area contributed by atoms with Crippen LogP contribution in [-0.4, -0.2) is 29.0 Å². The number of rotatable bonds is 15. The molecule has 1 heterocycles. The fraction of sp³-hybridized carbons (Fsp3) is 0.714. The summed E-state index contributed by atoms with van der Waals surface area (Å²) in [4.78, 5) is 15.5. The van der Waals surface area contributed by atoms with Gasteiger partial charge >= 0.3 is 0 Å². The van der Waals surface area contributed by atoms with Gasteiger partial charge in [0.05, 0.1) is 12.2 Å². The number of allylic oxidation sites excluding steroid dienone is 2. The molecule has 0 saturated carbocycles. The second-order valence-electron chi connectivity index (χ2n) is 7.29. The summed E-state index contributed by atoms with van der Waals surface area (Å²) in [5.74, 6) is -0.240. The fourth-order valence-electron chi connectivity index (χ4n) is 3.47. The van der Waals surface area contributed by atoms with E-state index >= 15 is 0 Å². The molecule has 0 aliphatic carbocycles. The average Bonchev–Trinajstić information content (AvgIpc) is 2.99. The van der Waals surface area contributed by atoms with Crippen LogP contribution in [0.15, 0.2) is 29.5 Å². The smallest absolute Gasteiger partial charge is 0.209 e. The SMILES string of the molecule is CC/C=C/CCCCCCCCCCC1=NC=C[N+]1(CC(=O)[O-])C(C)N. The summed E-state index contributed by atoms with van der Waals surface area (Å²) in [6, 6.07) is 0. The second kappa shape index (κ2) is 12.8. The van der Waals surface area contributed by atoms with Crippen molar-refractivity contribution in [3.8, 4) is 0 Å². The maximum absolute atomic E-state index is 11.1. The minimum atomic E-state index is -1.09. The third-order valence-corrected chi connectivity index (χ3v) is 5.08. The van der Waals surface area contributed by atoms with Crippen molar-refractivity contribution < 1.29 is 14.4 Å². The standard InChI is InChI=1S/C21H37N3O2/c1-3-4-5-6-7-8-9-10-11-12-13-14-15-20-23-16-17-24(20,19(2)22)18-21(25)26/h4-5,16-17,19H,3,6-15,18,22H2,1-2H3/b5-4+. The molecule has 5 heteroatoms. The first-order valence-electron chi connectivity index (χ1n) is 10.3. The molecule has 5 nitrogen and oxygen atoms in total. The first-order valence-corrected chi connectivity index (χ1v) is 10.3. The Kier molecular flexibility index (Phi) is 11.1. The van der Waals surface area contributed by atoms with Crippen LogP contribution in [0.5, 0.6) is 0 Å². The Balaban J connectivity index is 2.14. The van der Waals surface area contributed by atoms with Gasteiger partial charge in [-0.3, -0.25) is 5.73 Å². The molecule has 1 aliphatic heterocycles. The molecular weight excluding hydrogens is 326 g/mol. The van der Waals surface area contributed by atoms with E-state index in [0.29, 0.717) is 0 Å². The van der Waals surface area contributed by atoms with Gasteiger partial charge in [-0.2, -0.15) is 0 Å². The molecule has 0 bridgehead atoms. The fourth-order valence-corrected chi connectivity index (χ4v) is 3.47. The van der Waals surface area contributed by atoms with E-state index < -0.39 is 5.97 Å². The van der Waals surface area contributed by atoms with Crippen LogP contribution < -0.4 is 10.8 Å². The molecule has 1 aliphatic rings. The number of nitrogens with two attached hydrogens (primary N) is 1. The molecular formula is C21H37N3O2. The maximum atomic E-state index is 11.1. The van der Waals surface area contributed by atoms with Crippen LogP contribution in [0, 0.1) is 0 Å². The van der Waals surface area contributed by atoms with Crippen LogP contribution in [0.1, 0.15) is 84.5 Å². The summed E-state index contributed by atoms with van der Waals surface area (Å²) < 4.78 is 0.106. The molecule has 26 heavy (non-hydrogen) atoms. The number of quaternary nitrogens is 1. The number of hydrogen-bond donors (Lipinski definition) is 1. The first-order chi connectivity index (χ1) is 12.5. The van der Waals surface area contributed by atoms with Crippen LogP contribution in [0.4, 0.5) is 0 Å². The van der Waals surface area contributed by atoms with Crippen molar-refractivity contribution >= 4 is 11.8 Å². The van der Waals surface area contributed by atoms with E-state index in [-0.39, 0.29) is 17.2 Å². The third kappa shape index (κ3) is 7.83. The molecule has 2 N–H and O–H groups in total. The highest BCUT2D eigenvalue weighted by molar-refractivity contribution is 5.81. The van der Waals surface area contributed by atoms with Gasteiger partial charge in [-0.15, -0.1) is 0 Å². The van der Waals surface area contributed by atoms with E-state index in [1.807, 2.05) is 6.92 Å². The van der Waals surface area contributed by atoms with Gasteiger partial charge in [0.25, 0.3) is 0 Å². The van der Waals surface area contributed by atoms with Crippen molar-refractivity contribution in [2.75, 3.05) is 6.54 Å². The van der Waals surface area contributed by atoms with Crippen molar-refractivity contribution in [2.24, 2.45) is 10.7 Å². The number of aliphatic carboxylic acids is 1. The summed E-state index contributed by atoms with van der Waals surface area (Å²) in [6.45, 7) is 3.86. The quantitative estimate of drug-likeness (QED) is 0.274. The van der Waals surface area contributed by atoms with Gasteiger partial charge in [-0.05, 0) is 25.7 Å². The molecule has 0 radical (unpaired) electrons. The van der Waals surface area contributed by atoms with E-state index in [2.05, 4.69) is 24.1 Å². The zero-order chi connectivity index (χ0) is 19.3. The lowest BCUT2D eigenvalue weighted by Crippen LogP contribution is -2.60. The largest absolute Gasteiger partial charge is 0.544 e. The topological polar surface area (TPSA) is 78.5 Å². The number of aliphatic imine (C=N–C) groups is 1. The number of hydrogen-bond acceptors (Lipinski definition) is 4. The first kappa shape index (κ1) is 22.6. The summed E-state index contributed by atoms with van der Waals surface area (Å²) in [5, 5.41) is 11.1. The minimum Gasteiger partial charge on any atom is -0.544 e. The zero-order valence-corrected chi connectivity index (χ0v) is 16.7. The molecule has 0 aromatic rings. The zero-order valence-electron chi connectivity index (χ0n) is 16.7. The maximum Gasteiger partial charge on any atom is 0.209 e. The number of carbonyl (C=O) groups excluding carboxylic acids is 1. The van der Waals surface area contributed by atoms with Gasteiger partial charge in [-0.1, -0.05) is 57.6 Å². The number of carboxylic acid groups (broad SMARTS) is 1. The number of nitrogens with zero attached hydrogens (tertiary/aromatic N) is 2. The third-order valence-electron chi connectivity index (χ3n) is 5.08. The summed E-state index contributed by atoms with van der Waals surface area (Å²) in [7, 11) is 0. The average molecular weight is 364 g/mol. The van der Waals surface area contributed by atoms with Crippen molar-refractivity contribution in [3.05, 3.63) is 24.6 Å². The van der Waals surface area contributed by atoms with Crippen molar-refractivity contribution in [3.63, 3.8) is 0 Å². The van der Waals surface area contributed by atoms with E-state index in [9.17, 15) is 9.90 Å². The van der Waals surface area contributed by atoms with Crippen molar-refractivity contribution in [1.82, 2.24) is 0 Å². The molecule has 148 valence electrons. The lowest BCUT2D eigenvalue weighted by atomic mass is 10.1. The van der Waals surface area contributed by atoms with Crippen LogP contribution in [0.3, 0.4) is 0 Å². The Hall–Kier alpha value is -1.46. The number of carboxylic acids is 1. The predicted octanol–water partition coefficient (Wildman–Crippen LogP) is 3.61. The van der Waals surface area contributed by atoms with E-state index in [1.165, 1.54) is 44.9 Å². The van der Waals surface area contributed by atoms with Crippen molar-refractivity contribution in [1.29, 1.82) is 0 Å². The molecule has 0 amide bonds. The van der Waals surface area contributed by atoms with Crippen molar-refractivity contribution in [2.45, 2.75) is 90.6 Å². The van der Waals surface area contributed by atoms with Crippen LogP contribution in [0.2, 0.25) is 0 Å². The number of unbranched alkanes of at least 4 members (excludes halogenated alkanes) is 8. The van der Waals surface area contributed by atoms with Gasteiger partial charge in [-0.25, -0.2) is 9.48 Å². The number of carbonyl (C=O) groups is 1. The molecule has 2 atom stereocenters. The molecule has 0 aromatic carbocycles.